The van der Waals surface area contributed by atoms with Gasteiger partial charge in [0, 0.05) is 13.6 Å². The van der Waals surface area contributed by atoms with E-state index >= 15 is 0 Å². The number of anilines is 1. The first kappa shape index (κ1) is 14.2. The van der Waals surface area contributed by atoms with E-state index in [1.54, 1.807) is 0 Å². The number of hydrogen-bond acceptors (Lipinski definition) is 4. The van der Waals surface area contributed by atoms with Crippen molar-refractivity contribution in [2.75, 3.05) is 25.5 Å². The Kier molecular flexibility index (Phi) is 4.46. The monoisotopic (exact) mass is 262 g/mol. The maximum Gasteiger partial charge on any atom is 0.406 e. The third-order valence-corrected chi connectivity index (χ3v) is 1.99. The van der Waals surface area contributed by atoms with E-state index in [0.29, 0.717) is 17.3 Å². The molecule has 1 rings (SSSR count). The predicted molar refractivity (Wildman–Crippen MR) is 59.2 cm³/mol. The second-order valence-electron chi connectivity index (χ2n) is 3.59. The summed E-state index contributed by atoms with van der Waals surface area (Å²) in [6.45, 7) is 1.18. The quantitative estimate of drug-likeness (QED) is 0.894. The van der Waals surface area contributed by atoms with Gasteiger partial charge in [0.15, 0.2) is 0 Å². The van der Waals surface area contributed by atoms with E-state index < -0.39 is 18.6 Å². The molecule has 0 fully saturated rings. The molecule has 0 radical (unpaired) electrons. The number of aromatic nitrogens is 2. The summed E-state index contributed by atoms with van der Waals surface area (Å²) in [4.78, 5) is 19.8. The molecule has 1 heterocycles. The van der Waals surface area contributed by atoms with Crippen LogP contribution in [0.1, 0.15) is 17.4 Å². The van der Waals surface area contributed by atoms with Crippen molar-refractivity contribution >= 4 is 11.7 Å². The molecule has 0 aliphatic heterocycles. The second kappa shape index (κ2) is 5.65. The molecule has 1 aromatic heterocycles. The summed E-state index contributed by atoms with van der Waals surface area (Å²) >= 11 is 0. The van der Waals surface area contributed by atoms with Crippen LogP contribution in [0.4, 0.5) is 19.0 Å². The highest BCUT2D eigenvalue weighted by Gasteiger charge is 2.31. The highest BCUT2D eigenvalue weighted by Crippen LogP contribution is 2.16. The van der Waals surface area contributed by atoms with Crippen molar-refractivity contribution < 1.29 is 18.0 Å². The molecular weight excluding hydrogens is 249 g/mol. The third kappa shape index (κ3) is 4.19. The van der Waals surface area contributed by atoms with Crippen LogP contribution in [0.2, 0.25) is 0 Å². The molecule has 0 spiro atoms. The molecule has 0 saturated heterocycles. The topological polar surface area (TPSA) is 58.1 Å². The largest absolute Gasteiger partial charge is 0.406 e. The van der Waals surface area contributed by atoms with Crippen LogP contribution >= 0.6 is 0 Å². The molecular formula is C10H13F3N4O. The number of alkyl halides is 3. The Balaban J connectivity index is 2.72. The summed E-state index contributed by atoms with van der Waals surface area (Å²) in [7, 11) is 1.07. The zero-order valence-electron chi connectivity index (χ0n) is 9.95. The van der Waals surface area contributed by atoms with E-state index in [1.807, 2.05) is 6.92 Å². The minimum atomic E-state index is -4.43. The number of nitrogens with zero attached hydrogens (tertiary/aromatic N) is 3. The van der Waals surface area contributed by atoms with Gasteiger partial charge in [-0.3, -0.25) is 4.79 Å². The second-order valence-corrected chi connectivity index (χ2v) is 3.59. The fraction of sp³-hybridized carbons (Fsp3) is 0.500. The molecule has 0 aliphatic carbocycles. The lowest BCUT2D eigenvalue weighted by Gasteiger charge is -2.18. The molecule has 8 heteroatoms. The third-order valence-electron chi connectivity index (χ3n) is 1.99. The van der Waals surface area contributed by atoms with Gasteiger partial charge in [-0.05, 0) is 6.92 Å². The van der Waals surface area contributed by atoms with Crippen molar-refractivity contribution in [2.24, 2.45) is 0 Å². The molecule has 0 unspecified atom stereocenters. The molecule has 0 atom stereocenters. The average Bonchev–Trinajstić information content (AvgIpc) is 2.27. The van der Waals surface area contributed by atoms with Gasteiger partial charge in [0.1, 0.15) is 18.1 Å². The number of carbonyl (C=O) groups is 1. The van der Waals surface area contributed by atoms with Gasteiger partial charge in [-0.2, -0.15) is 13.2 Å². The van der Waals surface area contributed by atoms with Crippen LogP contribution in [-0.4, -0.2) is 47.1 Å². The minimum absolute atomic E-state index is 0.122. The van der Waals surface area contributed by atoms with Crippen molar-refractivity contribution in [1.82, 2.24) is 14.9 Å². The Morgan fingerprint density at radius 1 is 1.39 bits per heavy atom. The SMILES string of the molecule is CCNc1cnc(C(=O)N(C)CC(F)(F)F)cn1. The fourth-order valence-corrected chi connectivity index (χ4v) is 1.25. The lowest BCUT2D eigenvalue weighted by atomic mass is 10.4. The maximum atomic E-state index is 12.1. The number of hydrogen-bond donors (Lipinski definition) is 1. The zero-order valence-corrected chi connectivity index (χ0v) is 9.95. The van der Waals surface area contributed by atoms with Crippen LogP contribution in [0, 0.1) is 0 Å². The molecule has 1 amide bonds. The molecule has 0 bridgehead atoms. The Morgan fingerprint density at radius 2 is 2.06 bits per heavy atom. The first-order valence-electron chi connectivity index (χ1n) is 5.21. The number of amides is 1. The summed E-state index contributed by atoms with van der Waals surface area (Å²) in [5, 5.41) is 2.86. The van der Waals surface area contributed by atoms with Gasteiger partial charge >= 0.3 is 6.18 Å². The number of carbonyl (C=O) groups excluding carboxylic acids is 1. The smallest absolute Gasteiger partial charge is 0.369 e. The zero-order chi connectivity index (χ0) is 13.8. The lowest BCUT2D eigenvalue weighted by Crippen LogP contribution is -2.36. The molecule has 0 saturated carbocycles. The maximum absolute atomic E-state index is 12.1. The van der Waals surface area contributed by atoms with Crippen LogP contribution < -0.4 is 5.32 Å². The Hall–Kier alpha value is -1.86. The highest BCUT2D eigenvalue weighted by molar-refractivity contribution is 5.91. The van der Waals surface area contributed by atoms with Gasteiger partial charge in [-0.25, -0.2) is 9.97 Å². The summed E-state index contributed by atoms with van der Waals surface area (Å²) < 4.78 is 36.3. The van der Waals surface area contributed by atoms with Crippen molar-refractivity contribution in [3.05, 3.63) is 18.1 Å². The van der Waals surface area contributed by atoms with Crippen molar-refractivity contribution in [3.8, 4) is 0 Å². The van der Waals surface area contributed by atoms with E-state index in [-0.39, 0.29) is 5.69 Å². The van der Waals surface area contributed by atoms with Crippen molar-refractivity contribution in [3.63, 3.8) is 0 Å². The Morgan fingerprint density at radius 3 is 2.50 bits per heavy atom. The number of halogens is 3. The van der Waals surface area contributed by atoms with Gasteiger partial charge in [-0.1, -0.05) is 0 Å². The molecule has 0 aliphatic rings. The molecule has 100 valence electrons. The van der Waals surface area contributed by atoms with Gasteiger partial charge in [0.05, 0.1) is 12.4 Å². The highest BCUT2D eigenvalue weighted by atomic mass is 19.4. The standard InChI is InChI=1S/C10H13F3N4O/c1-3-14-8-5-15-7(4-16-8)9(18)17(2)6-10(11,12)13/h4-5H,3,6H2,1-2H3,(H,14,16). The van der Waals surface area contributed by atoms with E-state index in [2.05, 4.69) is 15.3 Å². The van der Waals surface area contributed by atoms with Crippen LogP contribution in [0.3, 0.4) is 0 Å². The lowest BCUT2D eigenvalue weighted by molar-refractivity contribution is -0.138. The van der Waals surface area contributed by atoms with Crippen LogP contribution in [-0.2, 0) is 0 Å². The number of rotatable bonds is 4. The average molecular weight is 262 g/mol. The Labute approximate surface area is 102 Å². The summed E-state index contributed by atoms with van der Waals surface area (Å²) in [6.07, 6.45) is -1.98. The van der Waals surface area contributed by atoms with Gasteiger partial charge in [0.25, 0.3) is 5.91 Å². The van der Waals surface area contributed by atoms with Crippen LogP contribution in [0.15, 0.2) is 12.4 Å². The molecule has 1 N–H and O–H groups in total. The predicted octanol–water partition coefficient (Wildman–Crippen LogP) is 1.54. The van der Waals surface area contributed by atoms with Crippen LogP contribution in [0.5, 0.6) is 0 Å². The van der Waals surface area contributed by atoms with E-state index in [1.165, 1.54) is 6.20 Å². The van der Waals surface area contributed by atoms with Crippen molar-refractivity contribution in [1.29, 1.82) is 0 Å². The minimum Gasteiger partial charge on any atom is -0.369 e. The molecule has 0 aromatic carbocycles. The van der Waals surface area contributed by atoms with Gasteiger partial charge in [-0.15, -0.1) is 0 Å². The normalized spacial score (nSPS) is 11.2. The fourth-order valence-electron chi connectivity index (χ4n) is 1.25. The van der Waals surface area contributed by atoms with E-state index in [0.717, 1.165) is 13.2 Å². The molecule has 5 nitrogen and oxygen atoms in total. The summed E-state index contributed by atoms with van der Waals surface area (Å²) in [5.74, 6) is -0.351. The summed E-state index contributed by atoms with van der Waals surface area (Å²) in [5.41, 5.74) is -0.122. The van der Waals surface area contributed by atoms with Crippen LogP contribution in [0.25, 0.3) is 0 Å². The van der Waals surface area contributed by atoms with Gasteiger partial charge < -0.3 is 10.2 Å². The van der Waals surface area contributed by atoms with Gasteiger partial charge in [0.2, 0.25) is 0 Å². The first-order valence-corrected chi connectivity index (χ1v) is 5.21. The van der Waals surface area contributed by atoms with Crippen molar-refractivity contribution in [2.45, 2.75) is 13.1 Å². The first-order chi connectivity index (χ1) is 8.33. The number of nitrogens with one attached hydrogen (secondary N) is 1. The van der Waals surface area contributed by atoms with E-state index in [4.69, 9.17) is 0 Å². The van der Waals surface area contributed by atoms with E-state index in [9.17, 15) is 18.0 Å². The molecule has 18 heavy (non-hydrogen) atoms. The Bertz CT molecular complexity index is 405. The molecule has 1 aromatic rings. The summed E-state index contributed by atoms with van der Waals surface area (Å²) in [6, 6.07) is 0.